The number of carbonyl (C=O) groups excluding carboxylic acids is 1. The number of hydrogen-bond acceptors (Lipinski definition) is 5. The molecular weight excluding hydrogens is 470 g/mol. The number of ether oxygens (including phenoxy) is 1. The number of rotatable bonds is 7. The Balaban J connectivity index is 0.00000324. The molecule has 11 heteroatoms. The number of amides is 1. The average molecular weight is 491 g/mol. The average Bonchev–Trinajstić information content (AvgIpc) is 3.20. The predicted molar refractivity (Wildman–Crippen MR) is 124 cm³/mol. The number of nitrogens with zero attached hydrogens (tertiary/aromatic N) is 2. The molecule has 1 amide bonds. The molecule has 3 N–H and O–H groups in total. The molecule has 4 rings (SSSR count). The van der Waals surface area contributed by atoms with E-state index in [1.165, 1.54) is 12.3 Å². The smallest absolute Gasteiger partial charge is 0.259 e. The summed E-state index contributed by atoms with van der Waals surface area (Å²) in [5.74, 6) is -1.77. The van der Waals surface area contributed by atoms with Crippen LogP contribution in [0.25, 0.3) is 27.8 Å². The molecule has 4 aromatic rings. The number of fused-ring (bicyclic) bond motifs is 1. The number of H-pyrrole nitrogens is 1. The van der Waals surface area contributed by atoms with Crippen LogP contribution in [0, 0.1) is 11.6 Å². The highest BCUT2D eigenvalue weighted by molar-refractivity contribution is 6.35. The Morgan fingerprint density at radius 2 is 1.85 bits per heavy atom. The number of aromatic amines is 1. The number of aliphatic hydroxyl groups is 1. The standard InChI is InChI=1S/C22H17ClF2N4O4.CH4/c23-14-10-27-22(32)18-19(28-29(20(14)18)21-15(24)2-1-3-16(21)25)12-4-6-13(7-5-12)33-11-17(31)26-8-9-30;/h1-7,10,30H,8-9,11H2,(H,26,31)(H,27,32);1H4. The number of aromatic nitrogens is 3. The lowest BCUT2D eigenvalue weighted by Gasteiger charge is -2.07. The SMILES string of the molecule is C.O=C(COc1ccc(-c2nn(-c3c(F)cccc3F)c3c(Cl)c[nH]c(=O)c23)cc1)NCCO. The van der Waals surface area contributed by atoms with Gasteiger partial charge >= 0.3 is 0 Å². The second-order valence-corrected chi connectivity index (χ2v) is 7.31. The maximum absolute atomic E-state index is 14.5. The summed E-state index contributed by atoms with van der Waals surface area (Å²) in [6, 6.07) is 9.67. The molecule has 0 saturated heterocycles. The fraction of sp³-hybridized carbons (Fsp3) is 0.174. The number of hydrogen-bond donors (Lipinski definition) is 3. The van der Waals surface area contributed by atoms with Crippen LogP contribution in [0.15, 0.2) is 53.5 Å². The number of para-hydroxylation sites is 1. The van der Waals surface area contributed by atoms with Gasteiger partial charge < -0.3 is 20.1 Å². The van der Waals surface area contributed by atoms with Crippen LogP contribution in [0.1, 0.15) is 7.43 Å². The summed E-state index contributed by atoms with van der Waals surface area (Å²) >= 11 is 6.27. The monoisotopic (exact) mass is 490 g/mol. The largest absolute Gasteiger partial charge is 0.484 e. The third kappa shape index (κ3) is 4.78. The summed E-state index contributed by atoms with van der Waals surface area (Å²) in [7, 11) is 0. The molecule has 0 spiro atoms. The van der Waals surface area contributed by atoms with Crippen LogP contribution in [-0.4, -0.2) is 45.5 Å². The Hall–Kier alpha value is -3.76. The van der Waals surface area contributed by atoms with E-state index in [9.17, 15) is 18.4 Å². The normalized spacial score (nSPS) is 10.7. The molecule has 2 aromatic carbocycles. The molecule has 0 saturated carbocycles. The van der Waals surface area contributed by atoms with E-state index in [0.717, 1.165) is 16.8 Å². The number of carbonyl (C=O) groups is 1. The lowest BCUT2D eigenvalue weighted by atomic mass is 10.1. The lowest BCUT2D eigenvalue weighted by Crippen LogP contribution is -2.31. The van der Waals surface area contributed by atoms with Crippen LogP contribution in [0.2, 0.25) is 5.02 Å². The number of pyridine rings is 1. The van der Waals surface area contributed by atoms with E-state index in [-0.39, 0.29) is 48.8 Å². The maximum atomic E-state index is 14.5. The molecule has 0 aliphatic heterocycles. The highest BCUT2D eigenvalue weighted by Crippen LogP contribution is 2.33. The number of aliphatic hydroxyl groups excluding tert-OH is 1. The van der Waals surface area contributed by atoms with Crippen molar-refractivity contribution in [2.45, 2.75) is 7.43 Å². The summed E-state index contributed by atoms with van der Waals surface area (Å²) in [6.07, 6.45) is 1.23. The van der Waals surface area contributed by atoms with Gasteiger partial charge in [0.2, 0.25) is 0 Å². The summed E-state index contributed by atoms with van der Waals surface area (Å²) in [5.41, 5.74) is -0.326. The highest BCUT2D eigenvalue weighted by Gasteiger charge is 2.23. The van der Waals surface area contributed by atoms with Crippen molar-refractivity contribution in [3.05, 3.63) is 75.7 Å². The minimum absolute atomic E-state index is 0. The minimum Gasteiger partial charge on any atom is -0.484 e. The Morgan fingerprint density at radius 3 is 2.50 bits per heavy atom. The van der Waals surface area contributed by atoms with E-state index in [1.807, 2.05) is 0 Å². The van der Waals surface area contributed by atoms with Gasteiger partial charge in [-0.1, -0.05) is 25.1 Å². The quantitative estimate of drug-likeness (QED) is 0.368. The Kier molecular flexibility index (Phi) is 7.64. The summed E-state index contributed by atoms with van der Waals surface area (Å²) in [5, 5.41) is 15.6. The molecule has 0 aliphatic carbocycles. The van der Waals surface area contributed by atoms with E-state index in [4.69, 9.17) is 21.4 Å². The molecule has 0 atom stereocenters. The third-order valence-corrected chi connectivity index (χ3v) is 5.04. The van der Waals surface area contributed by atoms with Gasteiger partial charge in [-0.2, -0.15) is 5.10 Å². The number of halogens is 3. The van der Waals surface area contributed by atoms with Crippen LogP contribution < -0.4 is 15.6 Å². The third-order valence-electron chi connectivity index (χ3n) is 4.75. The van der Waals surface area contributed by atoms with E-state index in [2.05, 4.69) is 15.4 Å². The van der Waals surface area contributed by atoms with Gasteiger partial charge in [0.25, 0.3) is 11.5 Å². The van der Waals surface area contributed by atoms with Crippen LogP contribution in [-0.2, 0) is 4.79 Å². The lowest BCUT2D eigenvalue weighted by molar-refractivity contribution is -0.123. The second kappa shape index (κ2) is 10.4. The zero-order valence-electron chi connectivity index (χ0n) is 16.9. The molecule has 0 aliphatic rings. The van der Waals surface area contributed by atoms with Gasteiger partial charge in [-0.05, 0) is 36.4 Å². The van der Waals surface area contributed by atoms with Gasteiger partial charge in [0, 0.05) is 18.3 Å². The van der Waals surface area contributed by atoms with Crippen molar-refractivity contribution in [3.63, 3.8) is 0 Å². The van der Waals surface area contributed by atoms with Crippen molar-refractivity contribution in [2.75, 3.05) is 19.8 Å². The molecule has 2 aromatic heterocycles. The van der Waals surface area contributed by atoms with Crippen LogP contribution >= 0.6 is 11.6 Å². The van der Waals surface area contributed by atoms with Gasteiger partial charge in [0.1, 0.15) is 22.6 Å². The molecular formula is C23H21ClF2N4O4. The first-order valence-electron chi connectivity index (χ1n) is 9.75. The summed E-state index contributed by atoms with van der Waals surface area (Å²) < 4.78 is 35.4. The van der Waals surface area contributed by atoms with Crippen molar-refractivity contribution >= 4 is 28.4 Å². The molecule has 0 bridgehead atoms. The topological polar surface area (TPSA) is 109 Å². The summed E-state index contributed by atoms with van der Waals surface area (Å²) in [4.78, 5) is 26.7. The number of nitrogens with one attached hydrogen (secondary N) is 2. The molecule has 0 fully saturated rings. The zero-order chi connectivity index (χ0) is 23.5. The van der Waals surface area contributed by atoms with Crippen LogP contribution in [0.4, 0.5) is 8.78 Å². The molecule has 0 unspecified atom stereocenters. The predicted octanol–water partition coefficient (Wildman–Crippen LogP) is 3.44. The van der Waals surface area contributed by atoms with E-state index in [1.54, 1.807) is 24.3 Å². The highest BCUT2D eigenvalue weighted by atomic mass is 35.5. The van der Waals surface area contributed by atoms with Crippen molar-refractivity contribution in [2.24, 2.45) is 0 Å². The maximum Gasteiger partial charge on any atom is 0.259 e. The first-order valence-corrected chi connectivity index (χ1v) is 10.1. The molecule has 178 valence electrons. The molecule has 2 heterocycles. The van der Waals surface area contributed by atoms with Gasteiger partial charge in [-0.15, -0.1) is 0 Å². The zero-order valence-corrected chi connectivity index (χ0v) is 17.7. The fourth-order valence-electron chi connectivity index (χ4n) is 3.28. The fourth-order valence-corrected chi connectivity index (χ4v) is 3.51. The van der Waals surface area contributed by atoms with Crippen LogP contribution in [0.5, 0.6) is 5.75 Å². The van der Waals surface area contributed by atoms with Crippen LogP contribution in [0.3, 0.4) is 0 Å². The minimum atomic E-state index is -0.870. The molecule has 8 nitrogen and oxygen atoms in total. The summed E-state index contributed by atoms with van der Waals surface area (Å²) in [6.45, 7) is -0.309. The molecule has 0 radical (unpaired) electrons. The van der Waals surface area contributed by atoms with Crippen molar-refractivity contribution in [1.82, 2.24) is 20.1 Å². The number of benzene rings is 2. The van der Waals surface area contributed by atoms with E-state index in [0.29, 0.717) is 11.3 Å². The Morgan fingerprint density at radius 1 is 1.18 bits per heavy atom. The second-order valence-electron chi connectivity index (χ2n) is 6.91. The first-order chi connectivity index (χ1) is 15.9. The van der Waals surface area contributed by atoms with Crippen molar-refractivity contribution in [3.8, 4) is 22.7 Å². The van der Waals surface area contributed by atoms with Crippen molar-refractivity contribution < 1.29 is 23.4 Å². The first kappa shape index (κ1) is 24.9. The Labute approximate surface area is 197 Å². The van der Waals surface area contributed by atoms with Gasteiger partial charge in [0.05, 0.1) is 17.0 Å². The van der Waals surface area contributed by atoms with Gasteiger partial charge in [-0.25, -0.2) is 13.5 Å². The van der Waals surface area contributed by atoms with E-state index < -0.39 is 28.8 Å². The molecule has 34 heavy (non-hydrogen) atoms. The van der Waals surface area contributed by atoms with E-state index >= 15 is 0 Å². The van der Waals surface area contributed by atoms with Gasteiger partial charge in [0.15, 0.2) is 18.2 Å². The Bertz CT molecular complexity index is 1370. The van der Waals surface area contributed by atoms with Crippen molar-refractivity contribution in [1.29, 1.82) is 0 Å². The van der Waals surface area contributed by atoms with Gasteiger partial charge in [-0.3, -0.25) is 9.59 Å².